The van der Waals surface area contributed by atoms with Crippen molar-refractivity contribution < 1.29 is 0 Å². The zero-order valence-corrected chi connectivity index (χ0v) is 12.3. The number of benzene rings is 2. The highest BCUT2D eigenvalue weighted by atomic mass is 79.9. The van der Waals surface area contributed by atoms with E-state index in [2.05, 4.69) is 56.7 Å². The van der Waals surface area contributed by atoms with Gasteiger partial charge in [0.15, 0.2) is 0 Å². The minimum Gasteiger partial charge on any atom is -0.271 e. The summed E-state index contributed by atoms with van der Waals surface area (Å²) in [6, 6.07) is 18.3. The fourth-order valence-corrected chi connectivity index (χ4v) is 2.58. The van der Waals surface area contributed by atoms with Crippen LogP contribution in [0.2, 0.25) is 0 Å². The first-order chi connectivity index (χ1) is 9.78. The highest BCUT2D eigenvalue weighted by Crippen LogP contribution is 2.25. The van der Waals surface area contributed by atoms with E-state index in [9.17, 15) is 0 Å². The standard InChI is InChI=1S/C16H14BrN3/c17-14-6-3-11(4-7-14)16(20-18)13-5-8-15-12(10-13)2-1-9-19-15/h1-10,16,20H,18H2. The molecular formula is C16H14BrN3. The van der Waals surface area contributed by atoms with Gasteiger partial charge < -0.3 is 0 Å². The third-order valence-electron chi connectivity index (χ3n) is 3.33. The van der Waals surface area contributed by atoms with Gasteiger partial charge in [0.05, 0.1) is 11.6 Å². The Morgan fingerprint density at radius 2 is 1.75 bits per heavy atom. The molecule has 0 spiro atoms. The number of hydrogen-bond acceptors (Lipinski definition) is 3. The first-order valence-corrected chi connectivity index (χ1v) is 7.13. The average Bonchev–Trinajstić information content (AvgIpc) is 2.50. The summed E-state index contributed by atoms with van der Waals surface area (Å²) in [5, 5.41) is 1.11. The lowest BCUT2D eigenvalue weighted by atomic mass is 9.98. The molecule has 20 heavy (non-hydrogen) atoms. The van der Waals surface area contributed by atoms with E-state index in [-0.39, 0.29) is 6.04 Å². The topological polar surface area (TPSA) is 50.9 Å². The van der Waals surface area contributed by atoms with Crippen LogP contribution in [0, 0.1) is 0 Å². The highest BCUT2D eigenvalue weighted by molar-refractivity contribution is 9.10. The predicted molar refractivity (Wildman–Crippen MR) is 85.1 cm³/mol. The van der Waals surface area contributed by atoms with E-state index in [1.54, 1.807) is 6.20 Å². The largest absolute Gasteiger partial charge is 0.271 e. The van der Waals surface area contributed by atoms with Crippen molar-refractivity contribution in [3.8, 4) is 0 Å². The van der Waals surface area contributed by atoms with Crippen LogP contribution in [0.4, 0.5) is 0 Å². The molecule has 3 N–H and O–H groups in total. The van der Waals surface area contributed by atoms with Crippen molar-refractivity contribution in [2.24, 2.45) is 5.84 Å². The molecule has 2 aromatic carbocycles. The number of hydrogen-bond donors (Lipinski definition) is 2. The number of nitrogens with zero attached hydrogens (tertiary/aromatic N) is 1. The normalized spacial score (nSPS) is 12.5. The zero-order chi connectivity index (χ0) is 13.9. The zero-order valence-electron chi connectivity index (χ0n) is 10.8. The Balaban J connectivity index is 2.04. The van der Waals surface area contributed by atoms with Gasteiger partial charge >= 0.3 is 0 Å². The maximum Gasteiger partial charge on any atom is 0.0710 e. The maximum atomic E-state index is 5.74. The molecule has 3 aromatic rings. The molecule has 0 aliphatic heterocycles. The summed E-state index contributed by atoms with van der Waals surface area (Å²) in [5.74, 6) is 5.74. The average molecular weight is 328 g/mol. The van der Waals surface area contributed by atoms with Gasteiger partial charge in [-0.15, -0.1) is 0 Å². The minimum absolute atomic E-state index is 0.0345. The lowest BCUT2D eigenvalue weighted by Gasteiger charge is -2.17. The molecule has 0 fully saturated rings. The van der Waals surface area contributed by atoms with Gasteiger partial charge in [0.1, 0.15) is 0 Å². The molecule has 3 nitrogen and oxygen atoms in total. The fraction of sp³-hybridized carbons (Fsp3) is 0.0625. The van der Waals surface area contributed by atoms with Crippen LogP contribution in [-0.4, -0.2) is 4.98 Å². The molecule has 1 aromatic heterocycles. The van der Waals surface area contributed by atoms with Crippen molar-refractivity contribution in [1.29, 1.82) is 0 Å². The second kappa shape index (κ2) is 5.71. The molecule has 100 valence electrons. The summed E-state index contributed by atoms with van der Waals surface area (Å²) in [6.07, 6.45) is 1.80. The third kappa shape index (κ3) is 2.58. The predicted octanol–water partition coefficient (Wildman–Crippen LogP) is 3.55. The third-order valence-corrected chi connectivity index (χ3v) is 3.86. The van der Waals surface area contributed by atoms with Crippen molar-refractivity contribution in [3.05, 3.63) is 76.4 Å². The quantitative estimate of drug-likeness (QED) is 0.571. The van der Waals surface area contributed by atoms with E-state index in [1.807, 2.05) is 24.3 Å². The van der Waals surface area contributed by atoms with Gasteiger partial charge in [-0.25, -0.2) is 5.43 Å². The van der Waals surface area contributed by atoms with Gasteiger partial charge in [0, 0.05) is 16.1 Å². The number of nitrogens with one attached hydrogen (secondary N) is 1. The number of halogens is 1. The fourth-order valence-electron chi connectivity index (χ4n) is 2.31. The van der Waals surface area contributed by atoms with Gasteiger partial charge in [0.2, 0.25) is 0 Å². The maximum absolute atomic E-state index is 5.74. The van der Waals surface area contributed by atoms with E-state index in [1.165, 1.54) is 0 Å². The second-order valence-corrected chi connectivity index (χ2v) is 5.52. The molecule has 0 aliphatic rings. The molecule has 1 atom stereocenters. The smallest absolute Gasteiger partial charge is 0.0710 e. The van der Waals surface area contributed by atoms with Crippen LogP contribution in [0.3, 0.4) is 0 Å². The van der Waals surface area contributed by atoms with Crippen LogP contribution >= 0.6 is 15.9 Å². The Labute approximate surface area is 125 Å². The number of nitrogens with two attached hydrogens (primary N) is 1. The van der Waals surface area contributed by atoms with Gasteiger partial charge in [-0.2, -0.15) is 0 Å². The number of hydrazine groups is 1. The summed E-state index contributed by atoms with van der Waals surface area (Å²) in [4.78, 5) is 4.33. The van der Waals surface area contributed by atoms with Crippen LogP contribution in [0.25, 0.3) is 10.9 Å². The van der Waals surface area contributed by atoms with Crippen molar-refractivity contribution >= 4 is 26.8 Å². The van der Waals surface area contributed by atoms with E-state index in [4.69, 9.17) is 5.84 Å². The van der Waals surface area contributed by atoms with Crippen molar-refractivity contribution in [3.63, 3.8) is 0 Å². The Kier molecular flexibility index (Phi) is 3.78. The summed E-state index contributed by atoms with van der Waals surface area (Å²) < 4.78 is 1.06. The lowest BCUT2D eigenvalue weighted by molar-refractivity contribution is 0.637. The molecule has 4 heteroatoms. The van der Waals surface area contributed by atoms with E-state index in [0.717, 1.165) is 26.5 Å². The van der Waals surface area contributed by atoms with E-state index in [0.29, 0.717) is 0 Å². The van der Waals surface area contributed by atoms with Crippen LogP contribution in [-0.2, 0) is 0 Å². The summed E-state index contributed by atoms with van der Waals surface area (Å²) >= 11 is 3.45. The Bertz CT molecular complexity index is 725. The lowest BCUT2D eigenvalue weighted by Crippen LogP contribution is -2.28. The van der Waals surface area contributed by atoms with Crippen molar-refractivity contribution in [1.82, 2.24) is 10.4 Å². The molecular weight excluding hydrogens is 314 g/mol. The molecule has 0 saturated carbocycles. The van der Waals surface area contributed by atoms with E-state index >= 15 is 0 Å². The van der Waals surface area contributed by atoms with Gasteiger partial charge in [-0.1, -0.05) is 40.2 Å². The van der Waals surface area contributed by atoms with Crippen LogP contribution in [0.15, 0.2) is 65.3 Å². The minimum atomic E-state index is -0.0345. The molecule has 0 aliphatic carbocycles. The number of pyridine rings is 1. The van der Waals surface area contributed by atoms with Gasteiger partial charge in [-0.05, 0) is 41.5 Å². The second-order valence-electron chi connectivity index (χ2n) is 4.61. The molecule has 3 rings (SSSR count). The number of rotatable bonds is 3. The molecule has 1 heterocycles. The summed E-state index contributed by atoms with van der Waals surface area (Å²) in [5.41, 5.74) is 6.12. The van der Waals surface area contributed by atoms with Crippen molar-refractivity contribution in [2.75, 3.05) is 0 Å². The first-order valence-electron chi connectivity index (χ1n) is 6.34. The molecule has 1 unspecified atom stereocenters. The summed E-state index contributed by atoms with van der Waals surface area (Å²) in [6.45, 7) is 0. The Morgan fingerprint density at radius 3 is 2.50 bits per heavy atom. The van der Waals surface area contributed by atoms with Crippen molar-refractivity contribution in [2.45, 2.75) is 6.04 Å². The van der Waals surface area contributed by atoms with Crippen LogP contribution < -0.4 is 11.3 Å². The monoisotopic (exact) mass is 327 g/mol. The SMILES string of the molecule is NNC(c1ccc(Br)cc1)c1ccc2ncccc2c1. The number of aromatic nitrogens is 1. The van der Waals surface area contributed by atoms with Crippen LogP contribution in [0.5, 0.6) is 0 Å². The number of fused-ring (bicyclic) bond motifs is 1. The molecule has 0 saturated heterocycles. The van der Waals surface area contributed by atoms with E-state index < -0.39 is 0 Å². The summed E-state index contributed by atoms with van der Waals surface area (Å²) in [7, 11) is 0. The van der Waals surface area contributed by atoms with Crippen LogP contribution in [0.1, 0.15) is 17.2 Å². The Hall–Kier alpha value is -1.75. The molecule has 0 amide bonds. The molecule has 0 radical (unpaired) electrons. The van der Waals surface area contributed by atoms with Gasteiger partial charge in [-0.3, -0.25) is 10.8 Å². The first kappa shape index (κ1) is 13.2. The molecule has 0 bridgehead atoms. The highest BCUT2D eigenvalue weighted by Gasteiger charge is 2.12. The Morgan fingerprint density at radius 1 is 1.00 bits per heavy atom. The van der Waals surface area contributed by atoms with Gasteiger partial charge in [0.25, 0.3) is 0 Å².